The minimum Gasteiger partial charge on any atom is -0.379 e. The van der Waals surface area contributed by atoms with E-state index < -0.39 is 5.54 Å². The lowest BCUT2D eigenvalue weighted by Crippen LogP contribution is -2.61. The molecular formula is C20H35N5O2. The minimum atomic E-state index is -0.721. The van der Waals surface area contributed by atoms with Crippen LogP contribution in [0.5, 0.6) is 0 Å². The first-order chi connectivity index (χ1) is 13.1. The summed E-state index contributed by atoms with van der Waals surface area (Å²) in [6.07, 6.45) is 8.51. The van der Waals surface area contributed by atoms with Gasteiger partial charge >= 0.3 is 0 Å². The van der Waals surface area contributed by atoms with E-state index in [9.17, 15) is 10.1 Å². The summed E-state index contributed by atoms with van der Waals surface area (Å²) in [4.78, 5) is 15.4. The molecule has 0 bridgehead atoms. The Morgan fingerprint density at radius 2 is 1.85 bits per heavy atom. The number of nitrogens with zero attached hydrogens (tertiary/aromatic N) is 3. The highest BCUT2D eigenvalue weighted by atomic mass is 16.5. The van der Waals surface area contributed by atoms with Crippen LogP contribution in [0, 0.1) is 17.2 Å². The number of hydrazine groups is 1. The summed E-state index contributed by atoms with van der Waals surface area (Å²) in [5, 5.41) is 15.0. The van der Waals surface area contributed by atoms with E-state index >= 15 is 0 Å². The molecule has 0 aromatic carbocycles. The summed E-state index contributed by atoms with van der Waals surface area (Å²) in [5.74, 6) is 0.580. The zero-order chi connectivity index (χ0) is 19.1. The van der Waals surface area contributed by atoms with E-state index in [-0.39, 0.29) is 11.9 Å². The number of carbonyl (C=O) groups excluding carboxylic acids is 1. The molecular weight excluding hydrogens is 342 g/mol. The summed E-state index contributed by atoms with van der Waals surface area (Å²) < 4.78 is 5.43. The molecule has 0 spiro atoms. The molecule has 1 saturated carbocycles. The molecule has 27 heavy (non-hydrogen) atoms. The molecule has 7 heteroatoms. The van der Waals surface area contributed by atoms with Gasteiger partial charge in [-0.1, -0.05) is 32.1 Å². The van der Waals surface area contributed by atoms with Crippen LogP contribution in [0.25, 0.3) is 0 Å². The van der Waals surface area contributed by atoms with Gasteiger partial charge < -0.3 is 15.0 Å². The van der Waals surface area contributed by atoms with Gasteiger partial charge in [0.05, 0.1) is 19.3 Å². The summed E-state index contributed by atoms with van der Waals surface area (Å²) in [7, 11) is 2.06. The molecule has 0 aromatic heterocycles. The molecule has 0 aromatic rings. The minimum absolute atomic E-state index is 0.0156. The van der Waals surface area contributed by atoms with E-state index in [0.29, 0.717) is 32.0 Å². The largest absolute Gasteiger partial charge is 0.379 e. The van der Waals surface area contributed by atoms with Crippen molar-refractivity contribution in [1.82, 2.24) is 20.7 Å². The van der Waals surface area contributed by atoms with Crippen molar-refractivity contribution in [3.63, 3.8) is 0 Å². The van der Waals surface area contributed by atoms with Crippen LogP contribution in [0.4, 0.5) is 0 Å². The van der Waals surface area contributed by atoms with Crippen LogP contribution in [-0.2, 0) is 9.53 Å². The SMILES string of the molecule is CN1CCC(C#N)(NC(=O)C(CC2CCCCC2)NN2CCOCC2)CC1. The summed E-state index contributed by atoms with van der Waals surface area (Å²) in [5.41, 5.74) is 2.74. The molecule has 1 amide bonds. The second-order valence-corrected chi connectivity index (χ2v) is 8.51. The summed E-state index contributed by atoms with van der Waals surface area (Å²) in [6, 6.07) is 2.14. The molecule has 2 heterocycles. The number of morpholine rings is 1. The smallest absolute Gasteiger partial charge is 0.239 e. The van der Waals surface area contributed by atoms with E-state index in [1.807, 2.05) is 0 Å². The second-order valence-electron chi connectivity index (χ2n) is 8.51. The van der Waals surface area contributed by atoms with Crippen molar-refractivity contribution in [3.05, 3.63) is 0 Å². The molecule has 3 fully saturated rings. The molecule has 2 saturated heterocycles. The van der Waals surface area contributed by atoms with Gasteiger partial charge in [0.2, 0.25) is 5.91 Å². The number of carbonyl (C=O) groups is 1. The zero-order valence-corrected chi connectivity index (χ0v) is 16.7. The third kappa shape index (κ3) is 5.89. The van der Waals surface area contributed by atoms with Crippen LogP contribution in [-0.4, -0.2) is 73.8 Å². The van der Waals surface area contributed by atoms with Gasteiger partial charge in [0.25, 0.3) is 0 Å². The molecule has 152 valence electrons. The predicted molar refractivity (Wildman–Crippen MR) is 104 cm³/mol. The van der Waals surface area contributed by atoms with Gasteiger partial charge in [0.1, 0.15) is 11.6 Å². The van der Waals surface area contributed by atoms with Gasteiger partial charge in [-0.15, -0.1) is 0 Å². The number of ether oxygens (including phenoxy) is 1. The molecule has 1 aliphatic carbocycles. The third-order valence-corrected chi connectivity index (χ3v) is 6.38. The molecule has 2 N–H and O–H groups in total. The molecule has 3 rings (SSSR count). The number of nitriles is 1. The number of hydrogen-bond acceptors (Lipinski definition) is 6. The van der Waals surface area contributed by atoms with Crippen LogP contribution in [0.15, 0.2) is 0 Å². The number of amides is 1. The zero-order valence-electron chi connectivity index (χ0n) is 16.7. The Morgan fingerprint density at radius 1 is 1.19 bits per heavy atom. The monoisotopic (exact) mass is 377 g/mol. The number of piperidine rings is 1. The molecule has 1 unspecified atom stereocenters. The Bertz CT molecular complexity index is 495. The number of hydrogen-bond donors (Lipinski definition) is 2. The fourth-order valence-electron chi connectivity index (χ4n) is 4.48. The molecule has 3 aliphatic rings. The van der Waals surface area contributed by atoms with Crippen LogP contribution in [0.3, 0.4) is 0 Å². The highest BCUT2D eigenvalue weighted by Gasteiger charge is 2.38. The number of nitrogens with one attached hydrogen (secondary N) is 2. The fraction of sp³-hybridized carbons (Fsp3) is 0.900. The normalized spacial score (nSPS) is 26.2. The number of likely N-dealkylation sites (tertiary alicyclic amines) is 1. The topological polar surface area (TPSA) is 80.6 Å². The van der Waals surface area contributed by atoms with Gasteiger partial charge in [-0.3, -0.25) is 4.79 Å². The predicted octanol–water partition coefficient (Wildman–Crippen LogP) is 1.27. The van der Waals surface area contributed by atoms with E-state index in [1.165, 1.54) is 32.1 Å². The maximum Gasteiger partial charge on any atom is 0.239 e. The van der Waals surface area contributed by atoms with Gasteiger partial charge in [0.15, 0.2) is 0 Å². The second kappa shape index (κ2) is 9.83. The average Bonchev–Trinajstić information content (AvgIpc) is 2.71. The van der Waals surface area contributed by atoms with Gasteiger partial charge in [-0.2, -0.15) is 5.26 Å². The average molecular weight is 378 g/mol. The van der Waals surface area contributed by atoms with Crippen LogP contribution < -0.4 is 10.7 Å². The third-order valence-electron chi connectivity index (χ3n) is 6.38. The van der Waals surface area contributed by atoms with Crippen molar-refractivity contribution in [2.45, 2.75) is 62.9 Å². The molecule has 7 nitrogen and oxygen atoms in total. The van der Waals surface area contributed by atoms with Crippen molar-refractivity contribution >= 4 is 5.91 Å². The van der Waals surface area contributed by atoms with Crippen LogP contribution in [0.2, 0.25) is 0 Å². The molecule has 0 radical (unpaired) electrons. The van der Waals surface area contributed by atoms with E-state index in [1.54, 1.807) is 0 Å². The first-order valence-corrected chi connectivity index (χ1v) is 10.6. The highest BCUT2D eigenvalue weighted by molar-refractivity contribution is 5.82. The quantitative estimate of drug-likeness (QED) is 0.726. The first-order valence-electron chi connectivity index (χ1n) is 10.6. The summed E-state index contributed by atoms with van der Waals surface area (Å²) in [6.45, 7) is 4.67. The maximum absolute atomic E-state index is 13.2. The first kappa shape index (κ1) is 20.5. The Morgan fingerprint density at radius 3 is 2.48 bits per heavy atom. The Balaban J connectivity index is 1.64. The number of rotatable bonds is 6. The fourth-order valence-corrected chi connectivity index (χ4v) is 4.48. The maximum atomic E-state index is 13.2. The Hall–Kier alpha value is -1.20. The van der Waals surface area contributed by atoms with Crippen molar-refractivity contribution in [2.75, 3.05) is 46.4 Å². The molecule has 2 aliphatic heterocycles. The Kier molecular flexibility index (Phi) is 7.48. The van der Waals surface area contributed by atoms with Crippen LogP contribution in [0.1, 0.15) is 51.4 Å². The van der Waals surface area contributed by atoms with Crippen molar-refractivity contribution in [1.29, 1.82) is 5.26 Å². The van der Waals surface area contributed by atoms with Gasteiger partial charge in [-0.05, 0) is 32.2 Å². The highest BCUT2D eigenvalue weighted by Crippen LogP contribution is 2.28. The van der Waals surface area contributed by atoms with Crippen molar-refractivity contribution < 1.29 is 9.53 Å². The lowest BCUT2D eigenvalue weighted by Gasteiger charge is -2.38. The van der Waals surface area contributed by atoms with Crippen molar-refractivity contribution in [3.8, 4) is 6.07 Å². The lowest BCUT2D eigenvalue weighted by molar-refractivity contribution is -0.128. The molecule has 1 atom stereocenters. The van der Waals surface area contributed by atoms with Gasteiger partial charge in [0, 0.05) is 26.2 Å². The van der Waals surface area contributed by atoms with Gasteiger partial charge in [-0.25, -0.2) is 10.4 Å². The lowest BCUT2D eigenvalue weighted by atomic mass is 9.84. The van der Waals surface area contributed by atoms with E-state index in [2.05, 4.69) is 33.8 Å². The summed E-state index contributed by atoms with van der Waals surface area (Å²) >= 11 is 0. The van der Waals surface area contributed by atoms with Crippen LogP contribution >= 0.6 is 0 Å². The van der Waals surface area contributed by atoms with E-state index in [4.69, 9.17) is 4.74 Å². The van der Waals surface area contributed by atoms with E-state index in [0.717, 1.165) is 32.6 Å². The Labute approximate surface area is 163 Å². The van der Waals surface area contributed by atoms with Crippen molar-refractivity contribution in [2.24, 2.45) is 5.92 Å². The standard InChI is InChI=1S/C20H35N5O2/c1-24-9-7-20(16-21,8-10-24)22-19(26)18(15-17-5-3-2-4-6-17)23-25-11-13-27-14-12-25/h17-18,23H,2-15H2,1H3,(H,22,26).